The number of amides is 1. The average Bonchev–Trinajstić information content (AvgIpc) is 2.97. The highest BCUT2D eigenvalue weighted by atomic mass is 16.2. The zero-order valence-corrected chi connectivity index (χ0v) is 11.3. The zero-order chi connectivity index (χ0) is 13.2. The molecule has 1 aromatic rings. The highest BCUT2D eigenvalue weighted by molar-refractivity contribution is 5.92. The fourth-order valence-corrected chi connectivity index (χ4v) is 2.88. The molecule has 2 heterocycles. The summed E-state index contributed by atoms with van der Waals surface area (Å²) in [6, 6.07) is 0.576. The second-order valence-corrected chi connectivity index (χ2v) is 5.70. The molecule has 0 spiro atoms. The molecule has 2 fully saturated rings. The molecule has 1 saturated heterocycles. The van der Waals surface area contributed by atoms with Gasteiger partial charge in [-0.05, 0) is 25.7 Å². The van der Waals surface area contributed by atoms with E-state index in [2.05, 4.69) is 27.9 Å². The van der Waals surface area contributed by atoms with Crippen LogP contribution in [0.2, 0.25) is 0 Å². The Balaban J connectivity index is 1.58. The number of hydrogen-bond donors (Lipinski definition) is 2. The largest absolute Gasteiger partial charge is 0.348 e. The summed E-state index contributed by atoms with van der Waals surface area (Å²) in [5.74, 6) is 0.521. The Labute approximate surface area is 112 Å². The number of rotatable bonds is 4. The molecule has 6 nitrogen and oxygen atoms in total. The molecule has 19 heavy (non-hydrogen) atoms. The van der Waals surface area contributed by atoms with E-state index in [-0.39, 0.29) is 11.9 Å². The van der Waals surface area contributed by atoms with Gasteiger partial charge in [-0.2, -0.15) is 0 Å². The van der Waals surface area contributed by atoms with E-state index in [1.165, 1.54) is 25.7 Å². The molecule has 1 aromatic heterocycles. The third kappa shape index (κ3) is 2.63. The highest BCUT2D eigenvalue weighted by Crippen LogP contribution is 2.27. The summed E-state index contributed by atoms with van der Waals surface area (Å²) in [5.41, 5.74) is 0.428. The number of carbonyl (C=O) groups is 1. The molecule has 3 rings (SSSR count). The van der Waals surface area contributed by atoms with Crippen molar-refractivity contribution in [2.45, 2.75) is 44.7 Å². The van der Waals surface area contributed by atoms with Crippen molar-refractivity contribution >= 4 is 5.91 Å². The second-order valence-electron chi connectivity index (χ2n) is 5.70. The smallest absolute Gasteiger partial charge is 0.273 e. The molecule has 1 aliphatic carbocycles. The molecule has 1 unspecified atom stereocenters. The maximum atomic E-state index is 12.1. The van der Waals surface area contributed by atoms with Crippen LogP contribution in [0.3, 0.4) is 0 Å². The van der Waals surface area contributed by atoms with Crippen molar-refractivity contribution in [3.63, 3.8) is 0 Å². The predicted molar refractivity (Wildman–Crippen MR) is 70.8 cm³/mol. The first-order valence-corrected chi connectivity index (χ1v) is 7.17. The molecule has 2 aliphatic rings. The van der Waals surface area contributed by atoms with Gasteiger partial charge in [0.1, 0.15) is 0 Å². The monoisotopic (exact) mass is 263 g/mol. The Morgan fingerprint density at radius 2 is 2.21 bits per heavy atom. The van der Waals surface area contributed by atoms with E-state index in [1.807, 2.05) is 0 Å². The van der Waals surface area contributed by atoms with Crippen LogP contribution in [0.15, 0.2) is 6.20 Å². The third-order valence-electron chi connectivity index (χ3n) is 4.34. The van der Waals surface area contributed by atoms with Crippen LogP contribution in [-0.2, 0) is 0 Å². The van der Waals surface area contributed by atoms with E-state index >= 15 is 0 Å². The summed E-state index contributed by atoms with van der Waals surface area (Å²) in [5, 5.41) is 14.2. The fourth-order valence-electron chi connectivity index (χ4n) is 2.88. The molecule has 0 radical (unpaired) electrons. The number of hydrogen-bond acceptors (Lipinski definition) is 4. The number of nitrogens with zero attached hydrogens (tertiary/aromatic N) is 3. The lowest BCUT2D eigenvalue weighted by molar-refractivity contribution is 0.0922. The van der Waals surface area contributed by atoms with Crippen molar-refractivity contribution < 1.29 is 4.79 Å². The quantitative estimate of drug-likeness (QED) is 0.840. The molecule has 1 amide bonds. The Bertz CT molecular complexity index is 448. The van der Waals surface area contributed by atoms with Crippen LogP contribution < -0.4 is 10.6 Å². The van der Waals surface area contributed by atoms with Crippen molar-refractivity contribution in [1.29, 1.82) is 0 Å². The van der Waals surface area contributed by atoms with Gasteiger partial charge in [-0.25, -0.2) is 4.68 Å². The van der Waals surface area contributed by atoms with Crippen LogP contribution in [0.5, 0.6) is 0 Å². The van der Waals surface area contributed by atoms with Gasteiger partial charge in [0.05, 0.1) is 12.2 Å². The molecule has 1 saturated carbocycles. The molecule has 0 bridgehead atoms. The van der Waals surface area contributed by atoms with E-state index < -0.39 is 0 Å². The lowest BCUT2D eigenvalue weighted by Gasteiger charge is -2.26. The van der Waals surface area contributed by atoms with Crippen LogP contribution >= 0.6 is 0 Å². The maximum Gasteiger partial charge on any atom is 0.273 e. The van der Waals surface area contributed by atoms with Gasteiger partial charge < -0.3 is 10.6 Å². The van der Waals surface area contributed by atoms with Crippen molar-refractivity contribution in [3.05, 3.63) is 11.9 Å². The van der Waals surface area contributed by atoms with Gasteiger partial charge in [0.25, 0.3) is 5.91 Å². The standard InChI is InChI=1S/C13H21N5O/c1-9(10-4-2-3-5-10)15-13(19)12-8-18(17-16-12)11-6-14-7-11/h8-11,14H,2-7H2,1H3,(H,15,19). The van der Waals surface area contributed by atoms with Gasteiger partial charge in [0.2, 0.25) is 0 Å². The third-order valence-corrected chi connectivity index (χ3v) is 4.34. The summed E-state index contributed by atoms with van der Waals surface area (Å²) >= 11 is 0. The molecular weight excluding hydrogens is 242 g/mol. The van der Waals surface area contributed by atoms with Gasteiger partial charge in [-0.15, -0.1) is 5.10 Å². The minimum atomic E-state index is -0.0991. The number of carbonyl (C=O) groups excluding carboxylic acids is 1. The van der Waals surface area contributed by atoms with Crippen LogP contribution in [-0.4, -0.2) is 40.0 Å². The maximum absolute atomic E-state index is 12.1. The lowest BCUT2D eigenvalue weighted by atomic mass is 10.00. The SMILES string of the molecule is CC(NC(=O)c1cn(C2CNC2)nn1)C1CCCC1. The molecule has 104 valence electrons. The summed E-state index contributed by atoms with van der Waals surface area (Å²) in [6.07, 6.45) is 6.78. The Kier molecular flexibility index (Phi) is 3.50. The molecule has 6 heteroatoms. The van der Waals surface area contributed by atoms with Crippen LogP contribution in [0.1, 0.15) is 49.1 Å². The lowest BCUT2D eigenvalue weighted by Crippen LogP contribution is -2.43. The van der Waals surface area contributed by atoms with Crippen molar-refractivity contribution in [2.24, 2.45) is 5.92 Å². The first kappa shape index (κ1) is 12.6. The van der Waals surface area contributed by atoms with Crippen molar-refractivity contribution in [1.82, 2.24) is 25.6 Å². The number of aromatic nitrogens is 3. The summed E-state index contributed by atoms with van der Waals surface area (Å²) in [4.78, 5) is 12.1. The topological polar surface area (TPSA) is 71.8 Å². The van der Waals surface area contributed by atoms with E-state index in [9.17, 15) is 4.79 Å². The van der Waals surface area contributed by atoms with Crippen molar-refractivity contribution in [3.8, 4) is 0 Å². The fraction of sp³-hybridized carbons (Fsp3) is 0.769. The minimum absolute atomic E-state index is 0.0991. The van der Waals surface area contributed by atoms with E-state index in [0.29, 0.717) is 17.7 Å². The molecule has 0 aromatic carbocycles. The summed E-state index contributed by atoms with van der Waals surface area (Å²) < 4.78 is 1.78. The molecular formula is C13H21N5O. The predicted octanol–water partition coefficient (Wildman–Crippen LogP) is 0.731. The Morgan fingerprint density at radius 3 is 2.84 bits per heavy atom. The van der Waals surface area contributed by atoms with Crippen LogP contribution in [0.4, 0.5) is 0 Å². The number of nitrogens with one attached hydrogen (secondary N) is 2. The highest BCUT2D eigenvalue weighted by Gasteiger charge is 2.25. The Hall–Kier alpha value is -1.43. The van der Waals surface area contributed by atoms with E-state index in [1.54, 1.807) is 10.9 Å². The van der Waals surface area contributed by atoms with Crippen LogP contribution in [0.25, 0.3) is 0 Å². The van der Waals surface area contributed by atoms with E-state index in [0.717, 1.165) is 13.1 Å². The summed E-state index contributed by atoms with van der Waals surface area (Å²) in [7, 11) is 0. The first-order valence-electron chi connectivity index (χ1n) is 7.17. The van der Waals surface area contributed by atoms with Gasteiger partial charge in [-0.3, -0.25) is 4.79 Å². The second kappa shape index (κ2) is 5.28. The van der Waals surface area contributed by atoms with Crippen molar-refractivity contribution in [2.75, 3.05) is 13.1 Å². The van der Waals surface area contributed by atoms with Gasteiger partial charge in [0, 0.05) is 19.1 Å². The normalized spacial score (nSPS) is 22.2. The zero-order valence-electron chi connectivity index (χ0n) is 11.3. The molecule has 2 N–H and O–H groups in total. The minimum Gasteiger partial charge on any atom is -0.348 e. The molecule has 1 atom stereocenters. The van der Waals surface area contributed by atoms with Crippen LogP contribution in [0, 0.1) is 5.92 Å². The van der Waals surface area contributed by atoms with Gasteiger partial charge in [-0.1, -0.05) is 18.1 Å². The molecule has 1 aliphatic heterocycles. The van der Waals surface area contributed by atoms with Gasteiger partial charge >= 0.3 is 0 Å². The average molecular weight is 263 g/mol. The van der Waals surface area contributed by atoms with Gasteiger partial charge in [0.15, 0.2) is 5.69 Å². The van der Waals surface area contributed by atoms with E-state index in [4.69, 9.17) is 0 Å². The first-order chi connectivity index (χ1) is 9.24. The summed E-state index contributed by atoms with van der Waals surface area (Å²) in [6.45, 7) is 3.90. The Morgan fingerprint density at radius 1 is 1.47 bits per heavy atom.